The van der Waals surface area contributed by atoms with Gasteiger partial charge in [-0.15, -0.1) is 0 Å². The lowest BCUT2D eigenvalue weighted by molar-refractivity contribution is 1.18. The Labute approximate surface area is 300 Å². The third-order valence-corrected chi connectivity index (χ3v) is 10.7. The van der Waals surface area contributed by atoms with E-state index in [-0.39, 0.29) is 0 Å². The van der Waals surface area contributed by atoms with Crippen LogP contribution in [0.1, 0.15) is 0 Å². The van der Waals surface area contributed by atoms with E-state index in [4.69, 9.17) is 4.98 Å². The van der Waals surface area contributed by atoms with E-state index in [2.05, 4.69) is 185 Å². The molecule has 0 N–H and O–H groups in total. The summed E-state index contributed by atoms with van der Waals surface area (Å²) in [6, 6.07) is 65.8. The molecule has 0 fully saturated rings. The largest absolute Gasteiger partial charge is 0.311 e. The van der Waals surface area contributed by atoms with Gasteiger partial charge in [-0.25, -0.2) is 0 Å². The summed E-state index contributed by atoms with van der Waals surface area (Å²) in [4.78, 5) is 7.09. The molecule has 9 aromatic carbocycles. The summed E-state index contributed by atoms with van der Waals surface area (Å²) >= 11 is 0. The molecule has 3 heteroatoms. The SMILES string of the molecule is c1ccc(N(c2ccccc2)c2ccc(-c3cccc(-n4c5cc(-c6ccccn6)cc6c7cccc8ccc9ccc4c(c9c87)c65)c3)cc2)cc1. The lowest BCUT2D eigenvalue weighted by atomic mass is 9.88. The summed E-state index contributed by atoms with van der Waals surface area (Å²) in [6.07, 6.45) is 1.88. The smallest absolute Gasteiger partial charge is 0.0702 e. The maximum Gasteiger partial charge on any atom is 0.0702 e. The van der Waals surface area contributed by atoms with Gasteiger partial charge in [0.15, 0.2) is 0 Å². The van der Waals surface area contributed by atoms with Crippen LogP contribution in [0.4, 0.5) is 17.1 Å². The van der Waals surface area contributed by atoms with Crippen LogP contribution in [0.5, 0.6) is 0 Å². The van der Waals surface area contributed by atoms with Gasteiger partial charge in [0.25, 0.3) is 0 Å². The first kappa shape index (κ1) is 28.8. The summed E-state index contributed by atoms with van der Waals surface area (Å²) in [5.74, 6) is 0. The van der Waals surface area contributed by atoms with Gasteiger partial charge in [-0.05, 0) is 117 Å². The Morgan fingerprint density at radius 2 is 1.08 bits per heavy atom. The van der Waals surface area contributed by atoms with Crippen LogP contribution < -0.4 is 4.90 Å². The van der Waals surface area contributed by atoms with Crippen LogP contribution in [0.3, 0.4) is 0 Å². The zero-order chi connectivity index (χ0) is 34.2. The number of aromatic nitrogens is 2. The second-order valence-electron chi connectivity index (χ2n) is 13.6. The average molecular weight is 662 g/mol. The first-order chi connectivity index (χ1) is 25.8. The van der Waals surface area contributed by atoms with Crippen molar-refractivity contribution in [2.75, 3.05) is 4.90 Å². The fourth-order valence-corrected chi connectivity index (χ4v) is 8.44. The topological polar surface area (TPSA) is 21.1 Å². The Balaban J connectivity index is 1.11. The number of benzene rings is 9. The van der Waals surface area contributed by atoms with E-state index in [1.165, 1.54) is 65.3 Å². The van der Waals surface area contributed by atoms with E-state index < -0.39 is 0 Å². The molecular formula is C49H31N3. The van der Waals surface area contributed by atoms with Crippen molar-refractivity contribution >= 4 is 71.2 Å². The minimum atomic E-state index is 0.975. The molecule has 52 heavy (non-hydrogen) atoms. The second-order valence-corrected chi connectivity index (χ2v) is 13.6. The lowest BCUT2D eigenvalue weighted by Crippen LogP contribution is -2.09. The predicted molar refractivity (Wildman–Crippen MR) is 219 cm³/mol. The molecule has 0 saturated carbocycles. The number of nitrogens with zero attached hydrogens (tertiary/aromatic N) is 3. The van der Waals surface area contributed by atoms with Crippen molar-refractivity contribution in [3.8, 4) is 28.1 Å². The summed E-state index contributed by atoms with van der Waals surface area (Å²) in [5.41, 5.74) is 11.4. The normalized spacial score (nSPS) is 11.8. The summed E-state index contributed by atoms with van der Waals surface area (Å²) in [7, 11) is 0. The molecule has 0 saturated heterocycles. The molecule has 11 rings (SSSR count). The summed E-state index contributed by atoms with van der Waals surface area (Å²) < 4.78 is 2.47. The van der Waals surface area contributed by atoms with Gasteiger partial charge in [-0.1, -0.05) is 103 Å². The van der Waals surface area contributed by atoms with Crippen molar-refractivity contribution < 1.29 is 0 Å². The van der Waals surface area contributed by atoms with Crippen LogP contribution in [0.25, 0.3) is 82.2 Å². The fourth-order valence-electron chi connectivity index (χ4n) is 8.44. The molecule has 0 aliphatic carbocycles. The molecule has 0 amide bonds. The van der Waals surface area contributed by atoms with Crippen LogP contribution in [0, 0.1) is 0 Å². The van der Waals surface area contributed by atoms with Crippen LogP contribution in [0.15, 0.2) is 188 Å². The van der Waals surface area contributed by atoms with Crippen molar-refractivity contribution in [2.45, 2.75) is 0 Å². The Kier molecular flexibility index (Phi) is 6.25. The molecular weight excluding hydrogens is 631 g/mol. The summed E-state index contributed by atoms with van der Waals surface area (Å²) in [5, 5.41) is 10.4. The van der Waals surface area contributed by atoms with Gasteiger partial charge in [0.1, 0.15) is 0 Å². The van der Waals surface area contributed by atoms with Crippen LogP contribution in [-0.4, -0.2) is 9.55 Å². The van der Waals surface area contributed by atoms with Gasteiger partial charge >= 0.3 is 0 Å². The van der Waals surface area contributed by atoms with E-state index in [9.17, 15) is 0 Å². The number of hydrogen-bond acceptors (Lipinski definition) is 2. The molecule has 2 heterocycles. The molecule has 0 radical (unpaired) electrons. The number of hydrogen-bond donors (Lipinski definition) is 0. The quantitative estimate of drug-likeness (QED) is 0.131. The van der Waals surface area contributed by atoms with Crippen molar-refractivity contribution in [3.63, 3.8) is 0 Å². The molecule has 0 aliphatic heterocycles. The van der Waals surface area contributed by atoms with E-state index in [1.54, 1.807) is 0 Å². The molecule has 3 nitrogen and oxygen atoms in total. The number of fused-ring (bicyclic) bond motifs is 1. The summed E-state index contributed by atoms with van der Waals surface area (Å²) in [6.45, 7) is 0. The van der Waals surface area contributed by atoms with Crippen molar-refractivity contribution in [2.24, 2.45) is 0 Å². The number of anilines is 3. The van der Waals surface area contributed by atoms with Gasteiger partial charge < -0.3 is 9.47 Å². The minimum Gasteiger partial charge on any atom is -0.311 e. The first-order valence-corrected chi connectivity index (χ1v) is 17.8. The predicted octanol–water partition coefficient (Wildman–Crippen LogP) is 13.3. The van der Waals surface area contributed by atoms with Crippen molar-refractivity contribution in [1.29, 1.82) is 0 Å². The van der Waals surface area contributed by atoms with Gasteiger partial charge in [-0.3, -0.25) is 4.98 Å². The second kappa shape index (κ2) is 11.3. The van der Waals surface area contributed by atoms with Crippen LogP contribution in [0.2, 0.25) is 0 Å². The molecule has 2 aromatic heterocycles. The van der Waals surface area contributed by atoms with Crippen molar-refractivity contribution in [1.82, 2.24) is 9.55 Å². The lowest BCUT2D eigenvalue weighted by Gasteiger charge is -2.25. The maximum absolute atomic E-state index is 4.79. The molecule has 0 atom stereocenters. The molecule has 0 unspecified atom stereocenters. The van der Waals surface area contributed by atoms with E-state index in [0.717, 1.165) is 34.0 Å². The third kappa shape index (κ3) is 4.30. The monoisotopic (exact) mass is 661 g/mol. The average Bonchev–Trinajstić information content (AvgIpc) is 3.56. The fraction of sp³-hybridized carbons (Fsp3) is 0. The number of para-hydroxylation sites is 2. The Bertz CT molecular complexity index is 3000. The van der Waals surface area contributed by atoms with Gasteiger partial charge in [0, 0.05) is 50.7 Å². The molecule has 0 aliphatic rings. The molecule has 242 valence electrons. The highest BCUT2D eigenvalue weighted by atomic mass is 15.1. The zero-order valence-electron chi connectivity index (χ0n) is 28.2. The highest BCUT2D eigenvalue weighted by molar-refractivity contribution is 6.40. The zero-order valence-corrected chi connectivity index (χ0v) is 28.2. The maximum atomic E-state index is 4.79. The van der Waals surface area contributed by atoms with Crippen LogP contribution >= 0.6 is 0 Å². The highest BCUT2D eigenvalue weighted by Crippen LogP contribution is 2.48. The van der Waals surface area contributed by atoms with E-state index >= 15 is 0 Å². The van der Waals surface area contributed by atoms with Gasteiger partial charge in [0.2, 0.25) is 0 Å². The Hall–Kier alpha value is -6.97. The number of pyridine rings is 1. The Morgan fingerprint density at radius 3 is 1.83 bits per heavy atom. The molecule has 0 spiro atoms. The minimum absolute atomic E-state index is 0.975. The van der Waals surface area contributed by atoms with E-state index in [0.29, 0.717) is 0 Å². The molecule has 11 aromatic rings. The third-order valence-electron chi connectivity index (χ3n) is 10.7. The van der Waals surface area contributed by atoms with Crippen molar-refractivity contribution in [3.05, 3.63) is 188 Å². The van der Waals surface area contributed by atoms with Crippen LogP contribution in [-0.2, 0) is 0 Å². The van der Waals surface area contributed by atoms with Gasteiger partial charge in [-0.2, -0.15) is 0 Å². The number of rotatable bonds is 6. The Morgan fingerprint density at radius 1 is 0.385 bits per heavy atom. The van der Waals surface area contributed by atoms with Gasteiger partial charge in [0.05, 0.1) is 16.7 Å². The van der Waals surface area contributed by atoms with E-state index in [1.807, 2.05) is 12.3 Å². The highest BCUT2D eigenvalue weighted by Gasteiger charge is 2.23. The molecule has 0 bridgehead atoms. The standard InChI is InChI=1S/C49H31N3/c1-3-13-37(14-4-1)51(38-15-5-2-6-16-38)39-25-22-32(23-26-39)35-12-9-17-40(29-35)52-44-27-24-34-21-20-33-11-10-18-41-42-30-36(43-19-7-8-28-50-43)31-45(52)48(42)49(44)47(34)46(33)41/h1-31H. The first-order valence-electron chi connectivity index (χ1n) is 17.8.